The summed E-state index contributed by atoms with van der Waals surface area (Å²) in [7, 11) is -3.18. The number of ether oxygens (including phenoxy) is 2. The summed E-state index contributed by atoms with van der Waals surface area (Å²) < 4.78 is 42.8. The number of hydrogen-bond acceptors (Lipinski definition) is 9. The first-order chi connectivity index (χ1) is 13.8. The molecule has 1 unspecified atom stereocenters. The molecule has 0 aliphatic carbocycles. The predicted octanol–water partition coefficient (Wildman–Crippen LogP) is -0.821. The van der Waals surface area contributed by atoms with Gasteiger partial charge in [-0.25, -0.2) is 14.3 Å². The van der Waals surface area contributed by atoms with Crippen molar-refractivity contribution in [2.45, 2.75) is 63.6 Å². The molecular weight excluding hydrogens is 428 g/mol. The van der Waals surface area contributed by atoms with Crippen LogP contribution in [-0.2, 0) is 23.4 Å². The van der Waals surface area contributed by atoms with Crippen molar-refractivity contribution in [1.29, 1.82) is 0 Å². The maximum atomic E-state index is 15.2. The molecule has 170 valence electrons. The Morgan fingerprint density at radius 1 is 1.47 bits per heavy atom. The lowest BCUT2D eigenvalue weighted by molar-refractivity contribution is -0.202. The van der Waals surface area contributed by atoms with Crippen LogP contribution >= 0.6 is 8.18 Å². The van der Waals surface area contributed by atoms with Gasteiger partial charge in [0, 0.05) is 12.3 Å². The average Bonchev–Trinajstić information content (AvgIpc) is 2.80. The molecule has 0 bridgehead atoms. The van der Waals surface area contributed by atoms with Gasteiger partial charge in [0.15, 0.2) is 6.23 Å². The number of aromatic nitrogens is 2. The molecule has 6 atom stereocenters. The van der Waals surface area contributed by atoms with Gasteiger partial charge in [0.25, 0.3) is 19.6 Å². The Morgan fingerprint density at radius 2 is 2.10 bits per heavy atom. The van der Waals surface area contributed by atoms with Gasteiger partial charge in [-0.1, -0.05) is 0 Å². The lowest BCUT2D eigenvalue weighted by atomic mass is 9.95. The summed E-state index contributed by atoms with van der Waals surface area (Å²) in [4.78, 5) is 36.8. The van der Waals surface area contributed by atoms with Crippen molar-refractivity contribution in [3.05, 3.63) is 33.1 Å². The summed E-state index contributed by atoms with van der Waals surface area (Å²) in [6.45, 7) is 4.56. The van der Waals surface area contributed by atoms with Crippen LogP contribution in [0.5, 0.6) is 0 Å². The van der Waals surface area contributed by atoms with Crippen molar-refractivity contribution < 1.29 is 38.0 Å². The Morgan fingerprint density at radius 3 is 2.67 bits per heavy atom. The highest BCUT2D eigenvalue weighted by Gasteiger charge is 2.63. The fraction of sp³-hybridized carbons (Fsp3) is 0.688. The molecule has 0 aromatic carbocycles. The molecule has 14 heteroatoms. The van der Waals surface area contributed by atoms with Gasteiger partial charge >= 0.3 is 11.7 Å². The Kier molecular flexibility index (Phi) is 7.38. The number of aromatic amines is 1. The number of esters is 1. The number of rotatable bonds is 8. The van der Waals surface area contributed by atoms with Crippen molar-refractivity contribution in [1.82, 2.24) is 14.6 Å². The Balaban J connectivity index is 2.08. The van der Waals surface area contributed by atoms with E-state index in [1.54, 1.807) is 13.8 Å². The third-order valence-corrected chi connectivity index (χ3v) is 5.39. The molecule has 0 saturated carbocycles. The van der Waals surface area contributed by atoms with E-state index >= 15 is 4.39 Å². The number of carbonyl (C=O) groups is 1. The first-order valence-electron chi connectivity index (χ1n) is 9.00. The van der Waals surface area contributed by atoms with E-state index < -0.39 is 67.9 Å². The summed E-state index contributed by atoms with van der Waals surface area (Å²) in [6, 6.07) is -0.0678. The fourth-order valence-corrected chi connectivity index (χ4v) is 3.66. The summed E-state index contributed by atoms with van der Waals surface area (Å²) in [5, 5.41) is 23.0. The lowest BCUT2D eigenvalue weighted by Crippen LogP contribution is -2.50. The number of nitrogens with zero attached hydrogens (tertiary/aromatic N) is 1. The molecule has 4 N–H and O–H groups in total. The van der Waals surface area contributed by atoms with Crippen molar-refractivity contribution >= 4 is 14.1 Å². The van der Waals surface area contributed by atoms with Gasteiger partial charge in [-0.05, 0) is 27.7 Å². The molecule has 2 rings (SSSR count). The predicted molar refractivity (Wildman–Crippen MR) is 101 cm³/mol. The number of hydrogen-bond donors (Lipinski definition) is 4. The van der Waals surface area contributed by atoms with Gasteiger partial charge in [-0.15, -0.1) is 0 Å². The van der Waals surface area contributed by atoms with E-state index in [9.17, 15) is 29.2 Å². The van der Waals surface area contributed by atoms with Crippen LogP contribution in [0.4, 0.5) is 4.39 Å². The number of carbonyl (C=O) groups excluding carboxylic acids is 1. The molecule has 0 spiro atoms. The lowest BCUT2D eigenvalue weighted by Gasteiger charge is -2.27. The molecule has 30 heavy (non-hydrogen) atoms. The largest absolute Gasteiger partial charge is 0.462 e. The Hall–Kier alpha value is -1.89. The first-order valence-corrected chi connectivity index (χ1v) is 10.3. The zero-order chi connectivity index (χ0) is 22.9. The second-order valence-electron chi connectivity index (χ2n) is 7.33. The van der Waals surface area contributed by atoms with Crippen LogP contribution in [0.15, 0.2) is 21.9 Å². The van der Waals surface area contributed by atoms with Crippen molar-refractivity contribution in [2.75, 3.05) is 6.61 Å². The summed E-state index contributed by atoms with van der Waals surface area (Å²) in [6.07, 6.45) is -3.35. The molecule has 0 radical (unpaired) electrons. The maximum Gasteiger partial charge on any atom is 0.330 e. The van der Waals surface area contributed by atoms with Gasteiger partial charge in [0.05, 0.1) is 6.10 Å². The number of aliphatic hydroxyl groups excluding tert-OH is 1. The van der Waals surface area contributed by atoms with Gasteiger partial charge in [-0.2, -0.15) is 0 Å². The minimum Gasteiger partial charge on any atom is -0.462 e. The van der Waals surface area contributed by atoms with Crippen LogP contribution in [0.1, 0.15) is 33.9 Å². The van der Waals surface area contributed by atoms with Gasteiger partial charge in [-0.3, -0.25) is 23.7 Å². The molecule has 2 heterocycles. The number of aliphatic hydroxyl groups is 2. The quantitative estimate of drug-likeness (QED) is 0.288. The van der Waals surface area contributed by atoms with E-state index in [1.807, 2.05) is 4.98 Å². The second-order valence-corrected chi connectivity index (χ2v) is 8.48. The molecule has 1 saturated heterocycles. The summed E-state index contributed by atoms with van der Waals surface area (Å²) in [5.41, 5.74) is -4.03. The van der Waals surface area contributed by atoms with Crippen LogP contribution in [0.3, 0.4) is 0 Å². The zero-order valence-electron chi connectivity index (χ0n) is 16.7. The number of halogens is 1. The van der Waals surface area contributed by atoms with Crippen molar-refractivity contribution in [2.24, 2.45) is 0 Å². The number of H-pyrrole nitrogens is 1. The van der Waals surface area contributed by atoms with Crippen LogP contribution in [-0.4, -0.2) is 62.0 Å². The topological polar surface area (TPSA) is 169 Å². The maximum absolute atomic E-state index is 15.2. The van der Waals surface area contributed by atoms with E-state index in [-0.39, 0.29) is 0 Å². The van der Waals surface area contributed by atoms with E-state index in [0.29, 0.717) is 4.57 Å². The fourth-order valence-electron chi connectivity index (χ4n) is 2.78. The summed E-state index contributed by atoms with van der Waals surface area (Å²) >= 11 is 0. The van der Waals surface area contributed by atoms with Gasteiger partial charge in [0.1, 0.15) is 24.4 Å². The minimum atomic E-state index is -3.18. The van der Waals surface area contributed by atoms with Gasteiger partial charge < -0.3 is 24.2 Å². The van der Waals surface area contributed by atoms with E-state index in [1.165, 1.54) is 6.92 Å². The molecule has 0 amide bonds. The highest BCUT2D eigenvalue weighted by molar-refractivity contribution is 7.36. The Labute approximate surface area is 170 Å². The molecular formula is C16H25FN3O9P. The number of alkyl halides is 1. The van der Waals surface area contributed by atoms with Crippen LogP contribution in [0, 0.1) is 0 Å². The standard InChI is InChI=1S/C16H25FN3O9P/c1-8(2)28-11(22)9(3)19-30(26)27-7-16(17)12(23)15(4,25)13(29-16)20-6-5-10(21)18-14(20)24/h5-6,8-9,12-13,23,25,30H,7H2,1-4H3,(H,19,26)(H,18,21,24)/t9-,12-,13+,15+,16+/m0/s1. The minimum absolute atomic E-state index is 0.392. The van der Waals surface area contributed by atoms with Crippen LogP contribution < -0.4 is 16.3 Å². The highest BCUT2D eigenvalue weighted by Crippen LogP contribution is 2.45. The van der Waals surface area contributed by atoms with Gasteiger partial charge in [0.2, 0.25) is 0 Å². The Bertz CT molecular complexity index is 918. The van der Waals surface area contributed by atoms with Crippen molar-refractivity contribution in [3.63, 3.8) is 0 Å². The monoisotopic (exact) mass is 453 g/mol. The SMILES string of the molecule is CC(C)OC(=O)[C@H](C)N[PH](=O)OC[C@@]1(F)O[C@@H](n2ccc(=O)[nH]c2=O)[C@](C)(O)[C@@H]1O. The third kappa shape index (κ3) is 5.23. The summed E-state index contributed by atoms with van der Waals surface area (Å²) in [5.74, 6) is -3.74. The average molecular weight is 453 g/mol. The molecule has 1 fully saturated rings. The molecule has 1 aliphatic heterocycles. The second kappa shape index (κ2) is 9.08. The first kappa shape index (κ1) is 24.4. The van der Waals surface area contributed by atoms with Crippen LogP contribution in [0.2, 0.25) is 0 Å². The normalized spacial score (nSPS) is 30.9. The molecule has 1 aromatic rings. The molecule has 1 aromatic heterocycles. The highest BCUT2D eigenvalue weighted by atomic mass is 31.1. The van der Waals surface area contributed by atoms with E-state index in [2.05, 4.69) is 5.09 Å². The van der Waals surface area contributed by atoms with E-state index in [4.69, 9.17) is 14.0 Å². The number of nitrogens with one attached hydrogen (secondary N) is 2. The molecule has 1 aliphatic rings. The zero-order valence-corrected chi connectivity index (χ0v) is 17.7. The molecule has 12 nitrogen and oxygen atoms in total. The third-order valence-electron chi connectivity index (χ3n) is 4.31. The van der Waals surface area contributed by atoms with Crippen LogP contribution in [0.25, 0.3) is 0 Å². The smallest absolute Gasteiger partial charge is 0.330 e. The van der Waals surface area contributed by atoms with E-state index in [0.717, 1.165) is 19.2 Å². The van der Waals surface area contributed by atoms with Crippen molar-refractivity contribution in [3.8, 4) is 0 Å².